The van der Waals surface area contributed by atoms with E-state index in [-0.39, 0.29) is 25.7 Å². The zero-order chi connectivity index (χ0) is 17.0. The first-order valence-electron chi connectivity index (χ1n) is 7.64. The monoisotopic (exact) mass is 321 g/mol. The number of carbonyl (C=O) groups excluding carboxylic acids is 1. The zero-order valence-corrected chi connectivity index (χ0v) is 13.7. The molecular weight excluding hydrogens is 298 g/mol. The first kappa shape index (κ1) is 17.3. The SMILES string of the molecule is CC(C)(C)OC1C[C@@H](C(=O)O)N(C(=O)OCc2ccccc2)C1. The molecule has 1 aliphatic rings. The topological polar surface area (TPSA) is 76.1 Å². The van der Waals surface area contributed by atoms with Gasteiger partial charge < -0.3 is 14.6 Å². The Morgan fingerprint density at radius 1 is 1.26 bits per heavy atom. The number of likely N-dealkylation sites (tertiary alicyclic amines) is 1. The van der Waals surface area contributed by atoms with Gasteiger partial charge in [0.1, 0.15) is 12.6 Å². The largest absolute Gasteiger partial charge is 0.480 e. The Hall–Kier alpha value is -2.08. The molecule has 1 heterocycles. The maximum atomic E-state index is 12.2. The van der Waals surface area contributed by atoms with Gasteiger partial charge in [0.05, 0.1) is 18.2 Å². The Morgan fingerprint density at radius 2 is 1.91 bits per heavy atom. The highest BCUT2D eigenvalue weighted by Crippen LogP contribution is 2.25. The molecular formula is C17H23NO5. The number of rotatable bonds is 4. The molecule has 23 heavy (non-hydrogen) atoms. The summed E-state index contributed by atoms with van der Waals surface area (Å²) in [6.07, 6.45) is -0.658. The number of aliphatic carboxylic acids is 1. The fourth-order valence-electron chi connectivity index (χ4n) is 2.62. The van der Waals surface area contributed by atoms with Gasteiger partial charge in [-0.1, -0.05) is 30.3 Å². The highest BCUT2D eigenvalue weighted by atomic mass is 16.6. The minimum atomic E-state index is -1.04. The van der Waals surface area contributed by atoms with E-state index in [0.717, 1.165) is 5.56 Å². The standard InChI is InChI=1S/C17H23NO5/c1-17(2,3)23-13-9-14(15(19)20)18(10-13)16(21)22-11-12-7-5-4-6-8-12/h4-8,13-14H,9-11H2,1-3H3,(H,19,20)/t13?,14-/m0/s1. The van der Waals surface area contributed by atoms with Crippen molar-refractivity contribution in [3.63, 3.8) is 0 Å². The van der Waals surface area contributed by atoms with Gasteiger partial charge >= 0.3 is 12.1 Å². The van der Waals surface area contributed by atoms with Crippen molar-refractivity contribution in [2.75, 3.05) is 6.54 Å². The number of carboxylic acid groups (broad SMARTS) is 1. The molecule has 1 N–H and O–H groups in total. The highest BCUT2D eigenvalue weighted by Gasteiger charge is 2.42. The van der Waals surface area contributed by atoms with Gasteiger partial charge in [-0.3, -0.25) is 4.90 Å². The van der Waals surface area contributed by atoms with E-state index < -0.39 is 23.7 Å². The fraction of sp³-hybridized carbons (Fsp3) is 0.529. The molecule has 0 spiro atoms. The average Bonchev–Trinajstić information content (AvgIpc) is 2.88. The summed E-state index contributed by atoms with van der Waals surface area (Å²) in [6.45, 7) is 6.05. The third kappa shape index (κ3) is 4.96. The van der Waals surface area contributed by atoms with Gasteiger partial charge in [0.2, 0.25) is 0 Å². The summed E-state index contributed by atoms with van der Waals surface area (Å²) in [7, 11) is 0. The first-order chi connectivity index (χ1) is 10.8. The summed E-state index contributed by atoms with van der Waals surface area (Å²) < 4.78 is 11.0. The lowest BCUT2D eigenvalue weighted by atomic mass is 10.1. The van der Waals surface area contributed by atoms with Crippen LogP contribution in [0.25, 0.3) is 0 Å². The average molecular weight is 321 g/mol. The third-order valence-corrected chi connectivity index (χ3v) is 3.51. The molecule has 1 aliphatic heterocycles. The van der Waals surface area contributed by atoms with Gasteiger partial charge in [0.15, 0.2) is 0 Å². The molecule has 1 unspecified atom stereocenters. The lowest BCUT2D eigenvalue weighted by Crippen LogP contribution is -2.41. The zero-order valence-electron chi connectivity index (χ0n) is 13.7. The van der Waals surface area contributed by atoms with Gasteiger partial charge in [-0.15, -0.1) is 0 Å². The summed E-state index contributed by atoms with van der Waals surface area (Å²) in [5.74, 6) is -1.04. The summed E-state index contributed by atoms with van der Waals surface area (Å²) in [5, 5.41) is 9.33. The summed E-state index contributed by atoms with van der Waals surface area (Å²) in [6, 6.07) is 8.36. The van der Waals surface area contributed by atoms with Crippen LogP contribution < -0.4 is 0 Å². The van der Waals surface area contributed by atoms with Crippen LogP contribution in [0.3, 0.4) is 0 Å². The summed E-state index contributed by atoms with van der Waals surface area (Å²) in [4.78, 5) is 24.9. The molecule has 6 heteroatoms. The minimum Gasteiger partial charge on any atom is -0.480 e. The third-order valence-electron chi connectivity index (χ3n) is 3.51. The molecule has 1 aromatic rings. The van der Waals surface area contributed by atoms with Crippen molar-refractivity contribution >= 4 is 12.1 Å². The van der Waals surface area contributed by atoms with Crippen molar-refractivity contribution in [2.45, 2.75) is 51.5 Å². The second-order valence-electron chi connectivity index (χ2n) is 6.63. The van der Waals surface area contributed by atoms with Crippen molar-refractivity contribution < 1.29 is 24.2 Å². The molecule has 2 atom stereocenters. The number of nitrogens with zero attached hydrogens (tertiary/aromatic N) is 1. The Balaban J connectivity index is 1.97. The van der Waals surface area contributed by atoms with Crippen LogP contribution in [0.1, 0.15) is 32.8 Å². The first-order valence-corrected chi connectivity index (χ1v) is 7.64. The molecule has 6 nitrogen and oxygen atoms in total. The van der Waals surface area contributed by atoms with Crippen molar-refractivity contribution in [3.8, 4) is 0 Å². The van der Waals surface area contributed by atoms with Crippen LogP contribution in [-0.4, -0.2) is 46.4 Å². The van der Waals surface area contributed by atoms with E-state index in [1.165, 1.54) is 4.90 Å². The van der Waals surface area contributed by atoms with Crippen molar-refractivity contribution in [2.24, 2.45) is 0 Å². The molecule has 0 radical (unpaired) electrons. The van der Waals surface area contributed by atoms with Gasteiger partial charge in [-0.05, 0) is 26.3 Å². The summed E-state index contributed by atoms with van der Waals surface area (Å²) in [5.41, 5.74) is 0.465. The molecule has 1 fully saturated rings. The van der Waals surface area contributed by atoms with Crippen LogP contribution in [0, 0.1) is 0 Å². The van der Waals surface area contributed by atoms with Crippen molar-refractivity contribution in [3.05, 3.63) is 35.9 Å². The van der Waals surface area contributed by atoms with E-state index in [9.17, 15) is 14.7 Å². The van der Waals surface area contributed by atoms with E-state index >= 15 is 0 Å². The molecule has 0 saturated carbocycles. The lowest BCUT2D eigenvalue weighted by molar-refractivity contribution is -0.142. The number of carboxylic acids is 1. The molecule has 0 bridgehead atoms. The van der Waals surface area contributed by atoms with Crippen LogP contribution in [0.2, 0.25) is 0 Å². The van der Waals surface area contributed by atoms with E-state index in [1.54, 1.807) is 0 Å². The Morgan fingerprint density at radius 3 is 2.48 bits per heavy atom. The predicted octanol–water partition coefficient (Wildman–Crippen LogP) is 2.67. The normalized spacial score (nSPS) is 21.3. The van der Waals surface area contributed by atoms with Crippen LogP contribution in [0.15, 0.2) is 30.3 Å². The van der Waals surface area contributed by atoms with Gasteiger partial charge in [-0.25, -0.2) is 9.59 Å². The van der Waals surface area contributed by atoms with Crippen LogP contribution in [-0.2, 0) is 20.9 Å². The number of hydrogen-bond acceptors (Lipinski definition) is 4. The predicted molar refractivity (Wildman–Crippen MR) is 84.0 cm³/mol. The molecule has 1 saturated heterocycles. The van der Waals surface area contributed by atoms with Crippen LogP contribution >= 0.6 is 0 Å². The van der Waals surface area contributed by atoms with Gasteiger partial charge in [-0.2, -0.15) is 0 Å². The Bertz CT molecular complexity index is 552. The van der Waals surface area contributed by atoms with Crippen LogP contribution in [0.5, 0.6) is 0 Å². The second kappa shape index (κ2) is 7.00. The van der Waals surface area contributed by atoms with E-state index in [1.807, 2.05) is 51.1 Å². The Labute approximate surface area is 136 Å². The number of benzene rings is 1. The van der Waals surface area contributed by atoms with E-state index in [4.69, 9.17) is 9.47 Å². The second-order valence-corrected chi connectivity index (χ2v) is 6.63. The molecule has 2 rings (SSSR count). The van der Waals surface area contributed by atoms with E-state index in [0.29, 0.717) is 0 Å². The molecule has 1 amide bonds. The number of amides is 1. The smallest absolute Gasteiger partial charge is 0.410 e. The number of carbonyl (C=O) groups is 2. The van der Waals surface area contributed by atoms with Crippen LogP contribution in [0.4, 0.5) is 4.79 Å². The van der Waals surface area contributed by atoms with Gasteiger partial charge in [0, 0.05) is 6.42 Å². The quantitative estimate of drug-likeness (QED) is 0.922. The highest BCUT2D eigenvalue weighted by molar-refractivity contribution is 5.80. The lowest BCUT2D eigenvalue weighted by Gasteiger charge is -2.24. The van der Waals surface area contributed by atoms with E-state index in [2.05, 4.69) is 0 Å². The maximum absolute atomic E-state index is 12.2. The molecule has 1 aromatic carbocycles. The van der Waals surface area contributed by atoms with Crippen molar-refractivity contribution in [1.29, 1.82) is 0 Å². The molecule has 0 aromatic heterocycles. The number of ether oxygens (including phenoxy) is 2. The molecule has 0 aliphatic carbocycles. The van der Waals surface area contributed by atoms with Crippen molar-refractivity contribution in [1.82, 2.24) is 4.90 Å². The molecule has 126 valence electrons. The fourth-order valence-corrected chi connectivity index (χ4v) is 2.62. The Kier molecular flexibility index (Phi) is 5.26. The maximum Gasteiger partial charge on any atom is 0.410 e. The number of hydrogen-bond donors (Lipinski definition) is 1. The van der Waals surface area contributed by atoms with Gasteiger partial charge in [0.25, 0.3) is 0 Å². The summed E-state index contributed by atoms with van der Waals surface area (Å²) >= 11 is 0. The minimum absolute atomic E-state index is 0.118.